The summed E-state index contributed by atoms with van der Waals surface area (Å²) in [4.78, 5) is 0. The molecule has 0 spiro atoms. The lowest BCUT2D eigenvalue weighted by Crippen LogP contribution is -2.53. The monoisotopic (exact) mass is 225 g/mol. The van der Waals surface area contributed by atoms with Crippen LogP contribution in [0.1, 0.15) is 52.9 Å². The SMILES string of the molecule is C=C(C)[C@@H]1CC[C@](C)(O)[C@@H](NCCCC)C1. The molecule has 94 valence electrons. The van der Waals surface area contributed by atoms with Crippen LogP contribution in [0.15, 0.2) is 12.2 Å². The van der Waals surface area contributed by atoms with Crippen LogP contribution >= 0.6 is 0 Å². The highest BCUT2D eigenvalue weighted by molar-refractivity contribution is 5.04. The van der Waals surface area contributed by atoms with Gasteiger partial charge >= 0.3 is 0 Å². The number of aliphatic hydroxyl groups is 1. The van der Waals surface area contributed by atoms with Gasteiger partial charge in [-0.25, -0.2) is 0 Å². The second kappa shape index (κ2) is 5.83. The van der Waals surface area contributed by atoms with E-state index in [4.69, 9.17) is 0 Å². The fraction of sp³-hybridized carbons (Fsp3) is 0.857. The molecule has 0 unspecified atom stereocenters. The van der Waals surface area contributed by atoms with Crippen LogP contribution in [-0.4, -0.2) is 23.3 Å². The number of rotatable bonds is 5. The van der Waals surface area contributed by atoms with E-state index in [2.05, 4.69) is 25.7 Å². The zero-order valence-corrected chi connectivity index (χ0v) is 11.1. The first kappa shape index (κ1) is 13.7. The Morgan fingerprint density at radius 3 is 2.81 bits per heavy atom. The lowest BCUT2D eigenvalue weighted by molar-refractivity contribution is -0.0198. The molecule has 0 aromatic rings. The first-order valence-corrected chi connectivity index (χ1v) is 6.58. The number of hydrogen-bond acceptors (Lipinski definition) is 2. The van der Waals surface area contributed by atoms with Crippen LogP contribution in [0.25, 0.3) is 0 Å². The van der Waals surface area contributed by atoms with Crippen molar-refractivity contribution in [1.29, 1.82) is 0 Å². The summed E-state index contributed by atoms with van der Waals surface area (Å²) in [6.07, 6.45) is 5.38. The highest BCUT2D eigenvalue weighted by atomic mass is 16.3. The zero-order chi connectivity index (χ0) is 12.2. The van der Waals surface area contributed by atoms with Gasteiger partial charge in [0.05, 0.1) is 5.60 Å². The Bertz CT molecular complexity index is 235. The van der Waals surface area contributed by atoms with Crippen molar-refractivity contribution in [2.24, 2.45) is 5.92 Å². The molecule has 2 heteroatoms. The van der Waals surface area contributed by atoms with Gasteiger partial charge in [-0.3, -0.25) is 0 Å². The fourth-order valence-electron chi connectivity index (χ4n) is 2.50. The van der Waals surface area contributed by atoms with E-state index in [0.29, 0.717) is 5.92 Å². The molecule has 0 aromatic heterocycles. The topological polar surface area (TPSA) is 32.3 Å². The normalized spacial score (nSPS) is 35.0. The molecule has 16 heavy (non-hydrogen) atoms. The van der Waals surface area contributed by atoms with Crippen LogP contribution in [0, 0.1) is 5.92 Å². The lowest BCUT2D eigenvalue weighted by atomic mass is 9.74. The molecule has 1 aliphatic carbocycles. The largest absolute Gasteiger partial charge is 0.389 e. The highest BCUT2D eigenvalue weighted by Crippen LogP contribution is 2.35. The molecular formula is C14H27NO. The van der Waals surface area contributed by atoms with Crippen LogP contribution in [-0.2, 0) is 0 Å². The summed E-state index contributed by atoms with van der Waals surface area (Å²) >= 11 is 0. The summed E-state index contributed by atoms with van der Waals surface area (Å²) in [5.74, 6) is 0.583. The molecule has 2 N–H and O–H groups in total. The second-order valence-electron chi connectivity index (χ2n) is 5.54. The Labute approximate surface area is 100 Å². The smallest absolute Gasteiger partial charge is 0.0772 e. The van der Waals surface area contributed by atoms with Gasteiger partial charge in [0.25, 0.3) is 0 Å². The standard InChI is InChI=1S/C14H27NO/c1-5-6-9-15-13-10-12(11(2)3)7-8-14(13,4)16/h12-13,15-16H,2,5-10H2,1,3-4H3/t12-,13+,14+/m1/s1. The van der Waals surface area contributed by atoms with Crippen LogP contribution in [0.3, 0.4) is 0 Å². The van der Waals surface area contributed by atoms with Gasteiger partial charge < -0.3 is 10.4 Å². The van der Waals surface area contributed by atoms with E-state index < -0.39 is 5.60 Å². The number of unbranched alkanes of at least 4 members (excludes halogenated alkanes) is 1. The van der Waals surface area contributed by atoms with Gasteiger partial charge in [-0.1, -0.05) is 25.5 Å². The summed E-state index contributed by atoms with van der Waals surface area (Å²) < 4.78 is 0. The number of hydrogen-bond donors (Lipinski definition) is 2. The quantitative estimate of drug-likeness (QED) is 0.557. The van der Waals surface area contributed by atoms with Crippen molar-refractivity contribution in [2.75, 3.05) is 6.54 Å². The van der Waals surface area contributed by atoms with Gasteiger partial charge in [0, 0.05) is 6.04 Å². The molecule has 2 nitrogen and oxygen atoms in total. The van der Waals surface area contributed by atoms with E-state index in [-0.39, 0.29) is 6.04 Å². The zero-order valence-electron chi connectivity index (χ0n) is 11.1. The van der Waals surface area contributed by atoms with Crippen molar-refractivity contribution in [3.8, 4) is 0 Å². The summed E-state index contributed by atoms with van der Waals surface area (Å²) in [5.41, 5.74) is 0.720. The fourth-order valence-corrected chi connectivity index (χ4v) is 2.50. The molecule has 0 amide bonds. The van der Waals surface area contributed by atoms with Gasteiger partial charge in [0.2, 0.25) is 0 Å². The lowest BCUT2D eigenvalue weighted by Gasteiger charge is -2.41. The minimum Gasteiger partial charge on any atom is -0.389 e. The molecule has 0 aromatic carbocycles. The second-order valence-corrected chi connectivity index (χ2v) is 5.54. The average molecular weight is 225 g/mol. The maximum absolute atomic E-state index is 10.3. The summed E-state index contributed by atoms with van der Waals surface area (Å²) in [5, 5.41) is 13.8. The Morgan fingerprint density at radius 1 is 1.56 bits per heavy atom. The predicted octanol–water partition coefficient (Wildman–Crippen LogP) is 2.87. The highest BCUT2D eigenvalue weighted by Gasteiger charge is 2.37. The van der Waals surface area contributed by atoms with Crippen LogP contribution in [0.5, 0.6) is 0 Å². The molecule has 1 saturated carbocycles. The Kier molecular flexibility index (Phi) is 5.00. The average Bonchev–Trinajstić information content (AvgIpc) is 2.20. The number of nitrogens with one attached hydrogen (secondary N) is 1. The van der Waals surface area contributed by atoms with E-state index in [0.717, 1.165) is 25.8 Å². The minimum atomic E-state index is -0.542. The minimum absolute atomic E-state index is 0.231. The van der Waals surface area contributed by atoms with E-state index in [1.807, 2.05) is 6.92 Å². The molecule has 0 aliphatic heterocycles. The van der Waals surface area contributed by atoms with Crippen molar-refractivity contribution >= 4 is 0 Å². The molecule has 0 radical (unpaired) electrons. The Morgan fingerprint density at radius 2 is 2.25 bits per heavy atom. The van der Waals surface area contributed by atoms with Crippen molar-refractivity contribution < 1.29 is 5.11 Å². The van der Waals surface area contributed by atoms with Gasteiger partial charge in [0.1, 0.15) is 0 Å². The molecule has 1 aliphatic rings. The molecule has 0 heterocycles. The summed E-state index contributed by atoms with van der Waals surface area (Å²) in [6.45, 7) is 11.3. The van der Waals surface area contributed by atoms with Gasteiger partial charge in [-0.15, -0.1) is 0 Å². The third-order valence-corrected chi connectivity index (χ3v) is 3.89. The maximum Gasteiger partial charge on any atom is 0.0772 e. The van der Waals surface area contributed by atoms with Crippen LogP contribution in [0.2, 0.25) is 0 Å². The third-order valence-electron chi connectivity index (χ3n) is 3.89. The van der Waals surface area contributed by atoms with Crippen molar-refractivity contribution in [3.05, 3.63) is 12.2 Å². The van der Waals surface area contributed by atoms with Gasteiger partial charge in [0.15, 0.2) is 0 Å². The van der Waals surface area contributed by atoms with Crippen LogP contribution < -0.4 is 5.32 Å². The summed E-state index contributed by atoms with van der Waals surface area (Å²) in [7, 11) is 0. The summed E-state index contributed by atoms with van der Waals surface area (Å²) in [6, 6.07) is 0.231. The van der Waals surface area contributed by atoms with E-state index in [9.17, 15) is 5.11 Å². The predicted molar refractivity (Wildman–Crippen MR) is 69.5 cm³/mol. The number of allylic oxidation sites excluding steroid dienone is 1. The Balaban J connectivity index is 2.51. The van der Waals surface area contributed by atoms with Gasteiger partial charge in [-0.2, -0.15) is 0 Å². The third kappa shape index (κ3) is 3.60. The van der Waals surface area contributed by atoms with E-state index >= 15 is 0 Å². The molecular weight excluding hydrogens is 198 g/mol. The van der Waals surface area contributed by atoms with E-state index in [1.54, 1.807) is 0 Å². The Hall–Kier alpha value is -0.340. The molecule has 3 atom stereocenters. The molecule has 0 saturated heterocycles. The molecule has 1 fully saturated rings. The molecule has 1 rings (SSSR count). The van der Waals surface area contributed by atoms with Crippen molar-refractivity contribution in [2.45, 2.75) is 64.5 Å². The van der Waals surface area contributed by atoms with Crippen molar-refractivity contribution in [1.82, 2.24) is 5.32 Å². The molecule has 0 bridgehead atoms. The van der Waals surface area contributed by atoms with Gasteiger partial charge in [-0.05, 0) is 52.0 Å². The first-order chi connectivity index (χ1) is 7.47. The van der Waals surface area contributed by atoms with Crippen molar-refractivity contribution in [3.63, 3.8) is 0 Å². The first-order valence-electron chi connectivity index (χ1n) is 6.58. The van der Waals surface area contributed by atoms with E-state index in [1.165, 1.54) is 18.4 Å². The van der Waals surface area contributed by atoms with Crippen LogP contribution in [0.4, 0.5) is 0 Å². The maximum atomic E-state index is 10.3.